The predicted octanol–water partition coefficient (Wildman–Crippen LogP) is 4.29. The van der Waals surface area contributed by atoms with Gasteiger partial charge in [0, 0.05) is 0 Å². The molecule has 0 heteroatoms. The lowest BCUT2D eigenvalue weighted by Gasteiger charge is -2.23. The minimum Gasteiger partial charge on any atom is -0.0528 e. The largest absolute Gasteiger partial charge is 0.0528 e. The van der Waals surface area contributed by atoms with E-state index in [0.717, 1.165) is 10.8 Å². The Bertz CT molecular complexity index is 182. The van der Waals surface area contributed by atoms with Crippen LogP contribution in [0.25, 0.3) is 0 Å². The van der Waals surface area contributed by atoms with Crippen LogP contribution in [0.4, 0.5) is 0 Å². The normalized spacial score (nSPS) is 35.1. The van der Waals surface area contributed by atoms with Gasteiger partial charge in [-0.2, -0.15) is 0 Å². The van der Waals surface area contributed by atoms with Gasteiger partial charge in [0.05, 0.1) is 0 Å². The smallest absolute Gasteiger partial charge is 0.0297 e. The van der Waals surface area contributed by atoms with E-state index >= 15 is 0 Å². The van der Waals surface area contributed by atoms with Crippen molar-refractivity contribution in [3.05, 3.63) is 0 Å². The first-order valence-electron chi connectivity index (χ1n) is 6.33. The zero-order chi connectivity index (χ0) is 8.78. The Labute approximate surface area is 82.1 Å². The van der Waals surface area contributed by atoms with Crippen LogP contribution in [0, 0.1) is 10.8 Å². The summed E-state index contributed by atoms with van der Waals surface area (Å²) < 4.78 is 0. The molecule has 0 heterocycles. The highest BCUT2D eigenvalue weighted by Gasteiger charge is 2.47. The van der Waals surface area contributed by atoms with Crippen LogP contribution in [0.2, 0.25) is 0 Å². The Balaban J connectivity index is 0.0000000875. The summed E-state index contributed by atoms with van der Waals surface area (Å²) in [6.45, 7) is 0. The molecule has 2 spiro atoms. The third-order valence-corrected chi connectivity index (χ3v) is 4.99. The predicted molar refractivity (Wildman–Crippen MR) is 55.7 cm³/mol. The highest BCUT2D eigenvalue weighted by molar-refractivity contribution is 4.99. The van der Waals surface area contributed by atoms with Crippen LogP contribution in [0.15, 0.2) is 0 Å². The van der Waals surface area contributed by atoms with Gasteiger partial charge >= 0.3 is 0 Å². The molecule has 0 saturated heterocycles. The van der Waals surface area contributed by atoms with E-state index < -0.39 is 0 Å². The van der Waals surface area contributed by atoms with Crippen molar-refractivity contribution in [3.63, 3.8) is 0 Å². The summed E-state index contributed by atoms with van der Waals surface area (Å²) in [5.41, 5.74) is 1.92. The van der Waals surface area contributed by atoms with Gasteiger partial charge in [-0.15, -0.1) is 0 Å². The van der Waals surface area contributed by atoms with Gasteiger partial charge in [-0.1, -0.05) is 19.3 Å². The van der Waals surface area contributed by atoms with Gasteiger partial charge in [0.2, 0.25) is 0 Å². The summed E-state index contributed by atoms with van der Waals surface area (Å²) in [6, 6.07) is 0. The Kier molecular flexibility index (Phi) is 1.76. The van der Waals surface area contributed by atoms with Crippen molar-refractivity contribution in [1.82, 2.24) is 0 Å². The Morgan fingerprint density at radius 2 is 0.769 bits per heavy atom. The molecule has 0 bridgehead atoms. The zero-order valence-electron chi connectivity index (χ0n) is 8.78. The van der Waals surface area contributed by atoms with Crippen molar-refractivity contribution in [2.45, 2.75) is 70.6 Å². The van der Waals surface area contributed by atoms with Gasteiger partial charge in [0.1, 0.15) is 0 Å². The van der Waals surface area contributed by atoms with Gasteiger partial charge < -0.3 is 0 Å². The molecule has 4 fully saturated rings. The average Bonchev–Trinajstić information content (AvgIpc) is 2.88. The number of rotatable bonds is 0. The van der Waals surface area contributed by atoms with Gasteiger partial charge in [-0.05, 0) is 62.2 Å². The summed E-state index contributed by atoms with van der Waals surface area (Å²) in [5, 5.41) is 0. The molecule has 74 valence electrons. The average molecular weight is 178 g/mol. The molecule has 4 rings (SSSR count). The maximum Gasteiger partial charge on any atom is -0.0297 e. The molecule has 0 amide bonds. The second-order valence-corrected chi connectivity index (χ2v) is 6.06. The lowest BCUT2D eigenvalue weighted by atomic mass is 9.82. The van der Waals surface area contributed by atoms with Crippen LogP contribution in [0.5, 0.6) is 0 Å². The lowest BCUT2D eigenvalue weighted by molar-refractivity contribution is 0.289. The molecule has 4 aliphatic rings. The Hall–Kier alpha value is 0. The first-order valence-corrected chi connectivity index (χ1v) is 6.33. The van der Waals surface area contributed by atoms with Crippen molar-refractivity contribution in [2.75, 3.05) is 0 Å². The molecule has 0 aromatic carbocycles. The maximum absolute atomic E-state index is 1.56. The molecule has 0 atom stereocenters. The van der Waals surface area contributed by atoms with E-state index in [0.29, 0.717) is 0 Å². The highest BCUT2D eigenvalue weighted by atomic mass is 14.5. The molecule has 4 aliphatic carbocycles. The Morgan fingerprint density at radius 1 is 0.385 bits per heavy atom. The van der Waals surface area contributed by atoms with E-state index in [1.807, 2.05) is 0 Å². The van der Waals surface area contributed by atoms with Crippen molar-refractivity contribution in [3.8, 4) is 0 Å². The van der Waals surface area contributed by atoms with E-state index in [2.05, 4.69) is 0 Å². The van der Waals surface area contributed by atoms with Crippen LogP contribution in [-0.4, -0.2) is 0 Å². The molecule has 0 aliphatic heterocycles. The standard InChI is InChI=1S/C7H12.C6H10/c1-2-4-7(3-1)5-6-7;1-2-6(3-1)4-5-6/h1-6H2;1-5H2. The van der Waals surface area contributed by atoms with Gasteiger partial charge in [-0.25, -0.2) is 0 Å². The van der Waals surface area contributed by atoms with Crippen molar-refractivity contribution < 1.29 is 0 Å². The van der Waals surface area contributed by atoms with E-state index in [4.69, 9.17) is 0 Å². The fourth-order valence-corrected chi connectivity index (χ4v) is 3.16. The molecule has 4 saturated carbocycles. The topological polar surface area (TPSA) is 0 Å². The lowest BCUT2D eigenvalue weighted by Crippen LogP contribution is -2.10. The molecule has 13 heavy (non-hydrogen) atoms. The molecule has 0 aromatic rings. The number of hydrogen-bond acceptors (Lipinski definition) is 0. The molecular formula is C13H22. The second kappa shape index (κ2) is 2.74. The highest BCUT2D eigenvalue weighted by Crippen LogP contribution is 2.60. The first-order chi connectivity index (χ1) is 6.33. The third kappa shape index (κ3) is 1.65. The number of hydrogen-bond donors (Lipinski definition) is 0. The van der Waals surface area contributed by atoms with E-state index in [9.17, 15) is 0 Å². The summed E-state index contributed by atoms with van der Waals surface area (Å²) >= 11 is 0. The second-order valence-electron chi connectivity index (χ2n) is 6.06. The SMILES string of the molecule is C1CC2(C1)CC2.C1CCC2(C1)CC2. The quantitative estimate of drug-likeness (QED) is 0.519. The summed E-state index contributed by atoms with van der Waals surface area (Å²) in [6.07, 6.45) is 17.1. The van der Waals surface area contributed by atoms with Crippen LogP contribution < -0.4 is 0 Å². The molecule has 0 aromatic heterocycles. The Morgan fingerprint density at radius 3 is 0.923 bits per heavy atom. The summed E-state index contributed by atoms with van der Waals surface area (Å²) in [7, 11) is 0. The molecule has 0 N–H and O–H groups in total. The van der Waals surface area contributed by atoms with E-state index in [-0.39, 0.29) is 0 Å². The van der Waals surface area contributed by atoms with E-state index in [1.54, 1.807) is 51.4 Å². The van der Waals surface area contributed by atoms with Crippen LogP contribution >= 0.6 is 0 Å². The van der Waals surface area contributed by atoms with Crippen LogP contribution in [0.3, 0.4) is 0 Å². The maximum atomic E-state index is 1.56. The van der Waals surface area contributed by atoms with E-state index in [1.165, 1.54) is 19.3 Å². The molecule has 0 unspecified atom stereocenters. The van der Waals surface area contributed by atoms with Gasteiger partial charge in [-0.3, -0.25) is 0 Å². The first kappa shape index (κ1) is 8.32. The zero-order valence-corrected chi connectivity index (χ0v) is 8.78. The van der Waals surface area contributed by atoms with Gasteiger partial charge in [0.25, 0.3) is 0 Å². The fraction of sp³-hybridized carbons (Fsp3) is 1.00. The summed E-state index contributed by atoms with van der Waals surface area (Å²) in [4.78, 5) is 0. The van der Waals surface area contributed by atoms with Crippen LogP contribution in [0.1, 0.15) is 70.6 Å². The minimum absolute atomic E-state index is 0.944. The van der Waals surface area contributed by atoms with Crippen LogP contribution in [-0.2, 0) is 0 Å². The fourth-order valence-electron chi connectivity index (χ4n) is 3.16. The molecule has 0 radical (unpaired) electrons. The minimum atomic E-state index is 0.944. The van der Waals surface area contributed by atoms with Crippen molar-refractivity contribution in [2.24, 2.45) is 10.8 Å². The van der Waals surface area contributed by atoms with Crippen molar-refractivity contribution >= 4 is 0 Å². The monoisotopic (exact) mass is 178 g/mol. The van der Waals surface area contributed by atoms with Gasteiger partial charge in [0.15, 0.2) is 0 Å². The molecule has 0 nitrogen and oxygen atoms in total. The van der Waals surface area contributed by atoms with Crippen molar-refractivity contribution in [1.29, 1.82) is 0 Å². The summed E-state index contributed by atoms with van der Waals surface area (Å²) in [5.74, 6) is 0. The molecular weight excluding hydrogens is 156 g/mol. The third-order valence-electron chi connectivity index (χ3n) is 4.99.